The third kappa shape index (κ3) is 7.01. The molecule has 2 amide bonds. The van der Waals surface area contributed by atoms with Crippen molar-refractivity contribution in [3.05, 3.63) is 88.9 Å². The van der Waals surface area contributed by atoms with Gasteiger partial charge in [0.1, 0.15) is 23.4 Å². The highest BCUT2D eigenvalue weighted by atomic mass is 16.6. The van der Waals surface area contributed by atoms with Crippen LogP contribution in [0.2, 0.25) is 0 Å². The van der Waals surface area contributed by atoms with Gasteiger partial charge in [0, 0.05) is 73.0 Å². The monoisotopic (exact) mass is 650 g/mol. The summed E-state index contributed by atoms with van der Waals surface area (Å²) in [5.41, 5.74) is 6.81. The second-order valence-electron chi connectivity index (χ2n) is 13.6. The molecule has 48 heavy (non-hydrogen) atoms. The fourth-order valence-corrected chi connectivity index (χ4v) is 6.44. The highest BCUT2D eigenvalue weighted by molar-refractivity contribution is 6.04. The second-order valence-corrected chi connectivity index (χ2v) is 13.6. The van der Waals surface area contributed by atoms with Gasteiger partial charge in [0.25, 0.3) is 5.91 Å². The fraction of sp³-hybridized carbons (Fsp3) is 0.405. The number of nitrogens with zero attached hydrogens (tertiary/aromatic N) is 4. The summed E-state index contributed by atoms with van der Waals surface area (Å²) in [5.74, 6) is 1.46. The van der Waals surface area contributed by atoms with E-state index in [-0.39, 0.29) is 18.2 Å². The maximum absolute atomic E-state index is 13.2. The standard InChI is InChI=1S/C37H42N6O5/c1-37(2,3)48-36(45)42-14-12-25-18-26(10-11-27(25)22-42)35(44)41-29-8-6-7-24(17-29)19-38-34-30-13-16-47-33(30)31(21-39-34)28-20-40-43(23-28)32-9-4-5-15-46-32/h6-8,10-11,17-18,20-21,23,32H,4-5,9,12-16,19,22H2,1-3H3,(H,38,39)(H,41,44). The number of ether oxygens (including phenoxy) is 3. The third-order valence-electron chi connectivity index (χ3n) is 8.87. The van der Waals surface area contributed by atoms with Crippen LogP contribution in [0.5, 0.6) is 5.75 Å². The molecular weight excluding hydrogens is 608 g/mol. The first-order valence-electron chi connectivity index (χ1n) is 16.7. The van der Waals surface area contributed by atoms with Crippen LogP contribution in [0.4, 0.5) is 16.3 Å². The minimum Gasteiger partial charge on any atom is -0.492 e. The maximum Gasteiger partial charge on any atom is 0.410 e. The summed E-state index contributed by atoms with van der Waals surface area (Å²) in [6.07, 6.45) is 10.0. The summed E-state index contributed by atoms with van der Waals surface area (Å²) in [5, 5.41) is 11.1. The minimum atomic E-state index is -0.541. The number of pyridine rings is 1. The van der Waals surface area contributed by atoms with Gasteiger partial charge in [0.2, 0.25) is 0 Å². The van der Waals surface area contributed by atoms with Gasteiger partial charge in [0.05, 0.1) is 12.8 Å². The Hall–Kier alpha value is -4.90. The molecular formula is C37H42N6O5. The highest BCUT2D eigenvalue weighted by Crippen LogP contribution is 2.40. The number of nitrogens with one attached hydrogen (secondary N) is 2. The molecule has 4 aromatic rings. The molecule has 5 heterocycles. The topological polar surface area (TPSA) is 120 Å². The summed E-state index contributed by atoms with van der Waals surface area (Å²) >= 11 is 0. The highest BCUT2D eigenvalue weighted by Gasteiger charge is 2.27. The van der Waals surface area contributed by atoms with E-state index in [1.807, 2.05) is 86.5 Å². The number of anilines is 2. The van der Waals surface area contributed by atoms with Crippen molar-refractivity contribution in [2.75, 3.05) is 30.4 Å². The van der Waals surface area contributed by atoms with Crippen LogP contribution in [0.15, 0.2) is 61.1 Å². The lowest BCUT2D eigenvalue weighted by Gasteiger charge is -2.31. The van der Waals surface area contributed by atoms with Gasteiger partial charge in [0.15, 0.2) is 0 Å². The van der Waals surface area contributed by atoms with Crippen molar-refractivity contribution in [1.82, 2.24) is 19.7 Å². The van der Waals surface area contributed by atoms with Crippen LogP contribution in [0.25, 0.3) is 11.1 Å². The molecule has 2 N–H and O–H groups in total. The van der Waals surface area contributed by atoms with Gasteiger partial charge in [-0.05, 0) is 87.4 Å². The molecule has 250 valence electrons. The third-order valence-corrected chi connectivity index (χ3v) is 8.87. The van der Waals surface area contributed by atoms with Gasteiger partial charge in [-0.15, -0.1) is 0 Å². The molecule has 1 atom stereocenters. The first-order valence-corrected chi connectivity index (χ1v) is 16.7. The molecule has 3 aliphatic heterocycles. The van der Waals surface area contributed by atoms with E-state index >= 15 is 0 Å². The Kier molecular flexibility index (Phi) is 8.79. The molecule has 1 unspecified atom stereocenters. The predicted octanol–water partition coefficient (Wildman–Crippen LogP) is 6.74. The zero-order valence-electron chi connectivity index (χ0n) is 27.8. The Morgan fingerprint density at radius 3 is 2.77 bits per heavy atom. The number of benzene rings is 2. The number of fused-ring (bicyclic) bond motifs is 2. The molecule has 0 bridgehead atoms. The lowest BCUT2D eigenvalue weighted by molar-refractivity contribution is -0.0394. The van der Waals surface area contributed by atoms with Gasteiger partial charge in [-0.3, -0.25) is 4.79 Å². The van der Waals surface area contributed by atoms with Crippen molar-refractivity contribution < 1.29 is 23.8 Å². The first kappa shape index (κ1) is 31.7. The summed E-state index contributed by atoms with van der Waals surface area (Å²) in [6.45, 7) is 8.52. The van der Waals surface area contributed by atoms with E-state index in [1.54, 1.807) is 4.90 Å². The van der Waals surface area contributed by atoms with E-state index in [9.17, 15) is 9.59 Å². The molecule has 1 saturated heterocycles. The van der Waals surface area contributed by atoms with Crippen LogP contribution in [0.3, 0.4) is 0 Å². The maximum atomic E-state index is 13.2. The van der Waals surface area contributed by atoms with Gasteiger partial charge in [-0.1, -0.05) is 18.2 Å². The number of amides is 2. The van der Waals surface area contributed by atoms with Crippen LogP contribution < -0.4 is 15.4 Å². The van der Waals surface area contributed by atoms with Crippen LogP contribution >= 0.6 is 0 Å². The van der Waals surface area contributed by atoms with E-state index in [2.05, 4.69) is 15.7 Å². The molecule has 2 aromatic heterocycles. The van der Waals surface area contributed by atoms with Gasteiger partial charge < -0.3 is 29.7 Å². The van der Waals surface area contributed by atoms with Gasteiger partial charge >= 0.3 is 6.09 Å². The number of rotatable bonds is 7. The molecule has 11 nitrogen and oxygen atoms in total. The summed E-state index contributed by atoms with van der Waals surface area (Å²) in [4.78, 5) is 32.3. The van der Waals surface area contributed by atoms with Crippen molar-refractivity contribution in [3.63, 3.8) is 0 Å². The number of hydrogen-bond acceptors (Lipinski definition) is 8. The molecule has 0 radical (unpaired) electrons. The molecule has 2 aromatic carbocycles. The molecule has 0 saturated carbocycles. The summed E-state index contributed by atoms with van der Waals surface area (Å²) in [7, 11) is 0. The Morgan fingerprint density at radius 2 is 1.94 bits per heavy atom. The first-order chi connectivity index (χ1) is 23.2. The zero-order chi connectivity index (χ0) is 33.3. The van der Waals surface area contributed by atoms with E-state index in [0.717, 1.165) is 77.2 Å². The normalized spacial score (nSPS) is 17.2. The Morgan fingerprint density at radius 1 is 1.04 bits per heavy atom. The van der Waals surface area contributed by atoms with E-state index in [4.69, 9.17) is 19.2 Å². The Balaban J connectivity index is 0.982. The van der Waals surface area contributed by atoms with E-state index in [1.165, 1.54) is 0 Å². The molecule has 0 spiro atoms. The largest absolute Gasteiger partial charge is 0.492 e. The number of carbonyl (C=O) groups is 2. The molecule has 0 aliphatic carbocycles. The second kappa shape index (κ2) is 13.3. The molecule has 7 rings (SSSR count). The van der Waals surface area contributed by atoms with Gasteiger partial charge in [-0.2, -0.15) is 5.10 Å². The van der Waals surface area contributed by atoms with E-state index < -0.39 is 5.60 Å². The Labute approximate surface area is 280 Å². The van der Waals surface area contributed by atoms with Crippen molar-refractivity contribution >= 4 is 23.5 Å². The summed E-state index contributed by atoms with van der Waals surface area (Å²) in [6, 6.07) is 13.5. The SMILES string of the molecule is CC(C)(C)OC(=O)N1CCc2cc(C(=O)Nc3cccc(CNc4ncc(-c5cnn(C6CCCCO6)c5)c5c4CCO5)c3)ccc2C1. The average molecular weight is 651 g/mol. The summed E-state index contributed by atoms with van der Waals surface area (Å²) < 4.78 is 19.4. The fourth-order valence-electron chi connectivity index (χ4n) is 6.44. The quantitative estimate of drug-likeness (QED) is 0.226. The van der Waals surface area contributed by atoms with Crippen molar-refractivity contribution in [2.24, 2.45) is 0 Å². The minimum absolute atomic E-state index is 0.0207. The number of hydrogen-bond donors (Lipinski definition) is 2. The van der Waals surface area contributed by atoms with Crippen molar-refractivity contribution in [1.29, 1.82) is 0 Å². The zero-order valence-corrected chi connectivity index (χ0v) is 27.8. The lowest BCUT2D eigenvalue weighted by Crippen LogP contribution is -2.39. The smallest absolute Gasteiger partial charge is 0.410 e. The lowest BCUT2D eigenvalue weighted by atomic mass is 9.97. The number of carbonyl (C=O) groups excluding carboxylic acids is 2. The predicted molar refractivity (Wildman–Crippen MR) is 182 cm³/mol. The van der Waals surface area contributed by atoms with E-state index in [0.29, 0.717) is 43.9 Å². The molecule has 3 aliphatic rings. The van der Waals surface area contributed by atoms with Crippen molar-refractivity contribution in [2.45, 2.75) is 77.8 Å². The van der Waals surface area contributed by atoms with Crippen LogP contribution in [0.1, 0.15) is 78.9 Å². The average Bonchev–Trinajstić information content (AvgIpc) is 3.78. The van der Waals surface area contributed by atoms with Crippen LogP contribution in [-0.4, -0.2) is 57.0 Å². The number of aromatic nitrogens is 3. The van der Waals surface area contributed by atoms with Crippen LogP contribution in [-0.2, 0) is 35.4 Å². The van der Waals surface area contributed by atoms with Crippen LogP contribution in [0, 0.1) is 0 Å². The molecule has 1 fully saturated rings. The van der Waals surface area contributed by atoms with Crippen molar-refractivity contribution in [3.8, 4) is 16.9 Å². The Bertz CT molecular complexity index is 1820. The molecule has 11 heteroatoms. The van der Waals surface area contributed by atoms with Gasteiger partial charge in [-0.25, -0.2) is 14.5 Å².